The third kappa shape index (κ3) is 5.63. The Morgan fingerprint density at radius 1 is 0.867 bits per heavy atom. The first-order valence-electron chi connectivity index (χ1n) is 9.78. The molecule has 1 aromatic heterocycles. The first kappa shape index (κ1) is 21.9. The van der Waals surface area contributed by atoms with E-state index >= 15 is 0 Å². The first-order valence-corrected chi connectivity index (χ1v) is 10.6. The molecule has 1 N–H and O–H groups in total. The van der Waals surface area contributed by atoms with Gasteiger partial charge in [-0.2, -0.15) is 0 Å². The molecule has 30 heavy (non-hydrogen) atoms. The Hall–Kier alpha value is -2.80. The molecule has 0 bridgehead atoms. The van der Waals surface area contributed by atoms with Gasteiger partial charge in [0.1, 0.15) is 33.9 Å². The maximum Gasteiger partial charge on any atom is 0.149 e. The van der Waals surface area contributed by atoms with Crippen LogP contribution in [0, 0.1) is 0 Å². The summed E-state index contributed by atoms with van der Waals surface area (Å²) in [5.41, 5.74) is 2.32. The van der Waals surface area contributed by atoms with E-state index in [4.69, 9.17) is 9.47 Å². The average molecular weight is 471 g/mol. The van der Waals surface area contributed by atoms with Gasteiger partial charge in [0.25, 0.3) is 0 Å². The van der Waals surface area contributed by atoms with Crippen molar-refractivity contribution in [3.05, 3.63) is 70.5 Å². The number of hydrogen-bond donors (Lipinski definition) is 1. The Kier molecular flexibility index (Phi) is 7.52. The van der Waals surface area contributed by atoms with Crippen LogP contribution in [0.1, 0.15) is 25.0 Å². The molecule has 2 aromatic carbocycles. The molecular weight excluding hydrogens is 444 g/mol. The number of nitrogens with one attached hydrogen (secondary N) is 1. The van der Waals surface area contributed by atoms with Gasteiger partial charge in [-0.1, -0.05) is 24.3 Å². The molecular formula is C23H27BrN4O2. The van der Waals surface area contributed by atoms with Crippen molar-refractivity contribution in [1.82, 2.24) is 9.97 Å². The molecule has 3 rings (SSSR count). The Morgan fingerprint density at radius 2 is 1.37 bits per heavy atom. The summed E-state index contributed by atoms with van der Waals surface area (Å²) in [7, 11) is 3.35. The molecule has 0 saturated carbocycles. The zero-order chi connectivity index (χ0) is 21.5. The Bertz CT molecular complexity index is 897. The van der Waals surface area contributed by atoms with E-state index in [0.717, 1.165) is 38.7 Å². The number of methoxy groups -OCH3 is 2. The molecule has 7 heteroatoms. The second kappa shape index (κ2) is 10.3. The summed E-state index contributed by atoms with van der Waals surface area (Å²) < 4.78 is 11.4. The Balaban J connectivity index is 1.93. The standard InChI is InChI=1S/C23H27BrN4O2/c1-16(2)27-22-21(24)23(26-15-25-22)28(13-17-5-9-19(29-3)10-6-17)14-18-7-11-20(30-4)12-8-18/h5-12,15-16H,13-14H2,1-4H3,(H,25,26,27). The van der Waals surface area contributed by atoms with Crippen molar-refractivity contribution < 1.29 is 9.47 Å². The largest absolute Gasteiger partial charge is 0.497 e. The number of benzene rings is 2. The van der Waals surface area contributed by atoms with Crippen molar-refractivity contribution in [2.45, 2.75) is 33.0 Å². The Labute approximate surface area is 186 Å². The molecule has 3 aromatic rings. The first-order chi connectivity index (χ1) is 14.5. The molecule has 0 radical (unpaired) electrons. The van der Waals surface area contributed by atoms with Crippen LogP contribution in [0.25, 0.3) is 0 Å². The minimum Gasteiger partial charge on any atom is -0.497 e. The molecule has 0 aliphatic carbocycles. The lowest BCUT2D eigenvalue weighted by molar-refractivity contribution is 0.414. The van der Waals surface area contributed by atoms with Gasteiger partial charge in [-0.15, -0.1) is 0 Å². The predicted octanol–water partition coefficient (Wildman–Crippen LogP) is 5.28. The van der Waals surface area contributed by atoms with Gasteiger partial charge >= 0.3 is 0 Å². The third-order valence-corrected chi connectivity index (χ3v) is 5.29. The fourth-order valence-corrected chi connectivity index (χ4v) is 3.63. The minimum absolute atomic E-state index is 0.265. The van der Waals surface area contributed by atoms with Gasteiger partial charge in [0, 0.05) is 19.1 Å². The SMILES string of the molecule is COc1ccc(CN(Cc2ccc(OC)cc2)c2ncnc(NC(C)C)c2Br)cc1. The molecule has 6 nitrogen and oxygen atoms in total. The fraction of sp³-hybridized carbons (Fsp3) is 0.304. The highest BCUT2D eigenvalue weighted by Crippen LogP contribution is 2.32. The minimum atomic E-state index is 0.265. The number of aromatic nitrogens is 2. The second-order valence-electron chi connectivity index (χ2n) is 7.21. The molecule has 0 spiro atoms. The van der Waals surface area contributed by atoms with Gasteiger partial charge in [-0.3, -0.25) is 0 Å². The van der Waals surface area contributed by atoms with E-state index in [1.54, 1.807) is 20.5 Å². The zero-order valence-electron chi connectivity index (χ0n) is 17.7. The van der Waals surface area contributed by atoms with Gasteiger partial charge in [0.2, 0.25) is 0 Å². The van der Waals surface area contributed by atoms with E-state index in [1.165, 1.54) is 0 Å². The van der Waals surface area contributed by atoms with E-state index in [9.17, 15) is 0 Å². The molecule has 1 heterocycles. The van der Waals surface area contributed by atoms with E-state index in [-0.39, 0.29) is 6.04 Å². The van der Waals surface area contributed by atoms with Crippen LogP contribution in [-0.2, 0) is 13.1 Å². The van der Waals surface area contributed by atoms with Gasteiger partial charge < -0.3 is 19.7 Å². The number of halogens is 1. The van der Waals surface area contributed by atoms with E-state index in [0.29, 0.717) is 13.1 Å². The van der Waals surface area contributed by atoms with E-state index < -0.39 is 0 Å². The van der Waals surface area contributed by atoms with Gasteiger partial charge in [-0.25, -0.2) is 9.97 Å². The molecule has 0 amide bonds. The topological polar surface area (TPSA) is 59.5 Å². The number of nitrogens with zero attached hydrogens (tertiary/aromatic N) is 3. The summed E-state index contributed by atoms with van der Waals surface area (Å²) >= 11 is 3.71. The van der Waals surface area contributed by atoms with Crippen LogP contribution in [0.4, 0.5) is 11.6 Å². The summed E-state index contributed by atoms with van der Waals surface area (Å²) in [6.07, 6.45) is 1.60. The summed E-state index contributed by atoms with van der Waals surface area (Å²) in [4.78, 5) is 11.2. The van der Waals surface area contributed by atoms with Gasteiger partial charge in [0.05, 0.1) is 14.2 Å². The van der Waals surface area contributed by atoms with Crippen LogP contribution in [0.5, 0.6) is 11.5 Å². The average Bonchev–Trinajstić information content (AvgIpc) is 2.75. The molecule has 0 saturated heterocycles. The van der Waals surface area contributed by atoms with Crippen LogP contribution in [-0.4, -0.2) is 30.2 Å². The highest BCUT2D eigenvalue weighted by Gasteiger charge is 2.17. The van der Waals surface area contributed by atoms with Crippen LogP contribution >= 0.6 is 15.9 Å². The zero-order valence-corrected chi connectivity index (χ0v) is 19.3. The van der Waals surface area contributed by atoms with Crippen molar-refractivity contribution >= 4 is 27.6 Å². The maximum atomic E-state index is 5.29. The van der Waals surface area contributed by atoms with Gasteiger partial charge in [0.15, 0.2) is 0 Å². The van der Waals surface area contributed by atoms with Crippen molar-refractivity contribution in [2.24, 2.45) is 0 Å². The van der Waals surface area contributed by atoms with Crippen molar-refractivity contribution in [3.63, 3.8) is 0 Å². The van der Waals surface area contributed by atoms with Crippen LogP contribution in [0.15, 0.2) is 59.3 Å². The number of rotatable bonds is 9. The van der Waals surface area contributed by atoms with Crippen LogP contribution in [0.2, 0.25) is 0 Å². The van der Waals surface area contributed by atoms with Gasteiger partial charge in [-0.05, 0) is 65.2 Å². The maximum absolute atomic E-state index is 5.29. The van der Waals surface area contributed by atoms with Crippen LogP contribution < -0.4 is 19.7 Å². The van der Waals surface area contributed by atoms with E-state index in [2.05, 4.69) is 74.2 Å². The third-order valence-electron chi connectivity index (χ3n) is 4.56. The second-order valence-corrected chi connectivity index (χ2v) is 8.00. The highest BCUT2D eigenvalue weighted by molar-refractivity contribution is 9.10. The predicted molar refractivity (Wildman–Crippen MR) is 124 cm³/mol. The monoisotopic (exact) mass is 470 g/mol. The lowest BCUT2D eigenvalue weighted by atomic mass is 10.1. The normalized spacial score (nSPS) is 10.7. The number of ether oxygens (including phenoxy) is 2. The number of anilines is 2. The van der Waals surface area contributed by atoms with Crippen molar-refractivity contribution in [1.29, 1.82) is 0 Å². The van der Waals surface area contributed by atoms with E-state index in [1.807, 2.05) is 24.3 Å². The summed E-state index contributed by atoms with van der Waals surface area (Å²) in [6.45, 7) is 5.54. The summed E-state index contributed by atoms with van der Waals surface area (Å²) in [5.74, 6) is 3.29. The molecule has 0 atom stereocenters. The summed E-state index contributed by atoms with van der Waals surface area (Å²) in [5, 5.41) is 3.37. The number of hydrogen-bond acceptors (Lipinski definition) is 6. The summed E-state index contributed by atoms with van der Waals surface area (Å²) in [6, 6.07) is 16.4. The van der Waals surface area contributed by atoms with Crippen LogP contribution in [0.3, 0.4) is 0 Å². The molecule has 158 valence electrons. The fourth-order valence-electron chi connectivity index (χ4n) is 3.06. The Morgan fingerprint density at radius 3 is 1.80 bits per heavy atom. The lowest BCUT2D eigenvalue weighted by Crippen LogP contribution is -2.24. The quantitative estimate of drug-likeness (QED) is 0.458. The van der Waals surface area contributed by atoms with Crippen molar-refractivity contribution in [2.75, 3.05) is 24.4 Å². The molecule has 0 fully saturated rings. The molecule has 0 aliphatic rings. The lowest BCUT2D eigenvalue weighted by Gasteiger charge is -2.26. The smallest absolute Gasteiger partial charge is 0.149 e. The highest BCUT2D eigenvalue weighted by atomic mass is 79.9. The molecule has 0 aliphatic heterocycles. The van der Waals surface area contributed by atoms with Crippen molar-refractivity contribution in [3.8, 4) is 11.5 Å². The molecule has 0 unspecified atom stereocenters.